The van der Waals surface area contributed by atoms with Crippen molar-refractivity contribution in [3.63, 3.8) is 0 Å². The van der Waals surface area contributed by atoms with Crippen molar-refractivity contribution in [1.29, 1.82) is 0 Å². The van der Waals surface area contributed by atoms with Crippen LogP contribution < -0.4 is 0 Å². The third kappa shape index (κ3) is 12.0. The number of hydrogen-bond acceptors (Lipinski definition) is 10. The summed E-state index contributed by atoms with van der Waals surface area (Å²) < 4.78 is 19.8. The maximum atomic E-state index is 12.1. The maximum absolute atomic E-state index is 12.1. The first kappa shape index (κ1) is 37.1. The molecular formula is C27H41ClO10. The second kappa shape index (κ2) is 20.0. The van der Waals surface area contributed by atoms with Crippen LogP contribution in [0, 0.1) is 10.8 Å². The molecule has 0 aromatic carbocycles. The minimum Gasteiger partial charge on any atom is -0.465 e. The predicted molar refractivity (Wildman–Crippen MR) is 141 cm³/mol. The lowest BCUT2D eigenvalue weighted by atomic mass is 9.79. The van der Waals surface area contributed by atoms with Crippen molar-refractivity contribution < 1.29 is 47.7 Å². The summed E-state index contributed by atoms with van der Waals surface area (Å²) >= 11 is 5.28. The van der Waals surface area contributed by atoms with Crippen molar-refractivity contribution in [3.8, 4) is 0 Å². The molecule has 0 aromatic heterocycles. The van der Waals surface area contributed by atoms with Gasteiger partial charge in [0.25, 0.3) is 0 Å². The summed E-state index contributed by atoms with van der Waals surface area (Å²) in [5.41, 5.74) is -3.00. The van der Waals surface area contributed by atoms with Gasteiger partial charge in [-0.05, 0) is 71.9 Å². The SMILES string of the molecule is C=CCC(CCC(=O)Cl)(C(=O)OCC)C(=O)OCC.C=CCC(CCC(C)=O)(C(=O)OCC)C(=O)OCC. The van der Waals surface area contributed by atoms with Crippen LogP contribution in [0.3, 0.4) is 0 Å². The number of rotatable bonds is 18. The van der Waals surface area contributed by atoms with Crippen LogP contribution in [0.4, 0.5) is 0 Å². The lowest BCUT2D eigenvalue weighted by Gasteiger charge is -2.27. The van der Waals surface area contributed by atoms with Gasteiger partial charge in [-0.2, -0.15) is 0 Å². The van der Waals surface area contributed by atoms with Crippen LogP contribution in [0.5, 0.6) is 0 Å². The Hall–Kier alpha value is -3.01. The van der Waals surface area contributed by atoms with Crippen LogP contribution in [0.25, 0.3) is 0 Å². The molecular weight excluding hydrogens is 520 g/mol. The van der Waals surface area contributed by atoms with Gasteiger partial charge in [-0.3, -0.25) is 24.0 Å². The second-order valence-corrected chi connectivity index (χ2v) is 8.51. The van der Waals surface area contributed by atoms with E-state index in [0.29, 0.717) is 0 Å². The fourth-order valence-corrected chi connectivity index (χ4v) is 3.48. The topological polar surface area (TPSA) is 139 Å². The molecule has 0 radical (unpaired) electrons. The number of hydrogen-bond donors (Lipinski definition) is 0. The number of carbonyl (C=O) groups excluding carboxylic acids is 6. The lowest BCUT2D eigenvalue weighted by Crippen LogP contribution is -2.42. The zero-order valence-corrected chi connectivity index (χ0v) is 23.9. The van der Waals surface area contributed by atoms with E-state index in [9.17, 15) is 28.8 Å². The van der Waals surface area contributed by atoms with Gasteiger partial charge in [0, 0.05) is 12.8 Å². The van der Waals surface area contributed by atoms with Gasteiger partial charge < -0.3 is 23.7 Å². The Morgan fingerprint density at radius 3 is 1.13 bits per heavy atom. The van der Waals surface area contributed by atoms with Crippen molar-refractivity contribution in [2.45, 2.75) is 73.1 Å². The van der Waals surface area contributed by atoms with Crippen LogP contribution in [-0.2, 0) is 47.7 Å². The molecule has 10 nitrogen and oxygen atoms in total. The first-order valence-electron chi connectivity index (χ1n) is 12.5. The van der Waals surface area contributed by atoms with E-state index in [1.807, 2.05) is 0 Å². The standard InChI is InChI=1S/C14H22O5.C13H19ClO5/c1-5-9-14(10-8-11(4)15,12(16)18-6-2)13(17)19-7-3;1-4-8-13(9-7-10(14)15,11(16)18-5-2)12(17)19-6-3/h5H,1,6-10H2,2-4H3;4H,1,5-9H2,2-3H3. The highest BCUT2D eigenvalue weighted by molar-refractivity contribution is 6.63. The highest BCUT2D eigenvalue weighted by atomic mass is 35.5. The van der Waals surface area contributed by atoms with Crippen LogP contribution in [-0.4, -0.2) is 61.3 Å². The Morgan fingerprint density at radius 1 is 0.632 bits per heavy atom. The molecule has 216 valence electrons. The van der Waals surface area contributed by atoms with E-state index in [-0.39, 0.29) is 70.7 Å². The molecule has 0 saturated heterocycles. The molecule has 0 fully saturated rings. The fourth-order valence-electron chi connectivity index (χ4n) is 3.38. The Labute approximate surface area is 230 Å². The van der Waals surface area contributed by atoms with Gasteiger partial charge >= 0.3 is 23.9 Å². The number of ketones is 1. The molecule has 0 amide bonds. The Bertz CT molecular complexity index is 730. The first-order valence-corrected chi connectivity index (χ1v) is 12.8. The predicted octanol–water partition coefficient (Wildman–Crippen LogP) is 4.27. The third-order valence-corrected chi connectivity index (χ3v) is 5.49. The monoisotopic (exact) mass is 560 g/mol. The Morgan fingerprint density at radius 2 is 0.921 bits per heavy atom. The second-order valence-electron chi connectivity index (χ2n) is 8.09. The maximum Gasteiger partial charge on any atom is 0.323 e. The van der Waals surface area contributed by atoms with Crippen LogP contribution >= 0.6 is 11.6 Å². The number of allylic oxidation sites excluding steroid dienone is 2. The summed E-state index contributed by atoms with van der Waals surface area (Å²) in [7, 11) is 0. The zero-order chi connectivity index (χ0) is 29.8. The van der Waals surface area contributed by atoms with E-state index in [2.05, 4.69) is 13.2 Å². The fraction of sp³-hybridized carbons (Fsp3) is 0.630. The highest BCUT2D eigenvalue weighted by Crippen LogP contribution is 2.34. The van der Waals surface area contributed by atoms with E-state index in [4.69, 9.17) is 30.5 Å². The van der Waals surface area contributed by atoms with Gasteiger partial charge in [0.2, 0.25) is 5.24 Å². The van der Waals surface area contributed by atoms with Gasteiger partial charge in [-0.15, -0.1) is 13.2 Å². The molecule has 0 rings (SSSR count). The molecule has 0 bridgehead atoms. The minimum atomic E-state index is -1.54. The third-order valence-electron chi connectivity index (χ3n) is 5.30. The quantitative estimate of drug-likeness (QED) is 0.0784. The van der Waals surface area contributed by atoms with Crippen LogP contribution in [0.1, 0.15) is 73.1 Å². The number of esters is 4. The molecule has 0 aliphatic carbocycles. The summed E-state index contributed by atoms with van der Waals surface area (Å²) in [6.07, 6.45) is 3.04. The van der Waals surface area contributed by atoms with Crippen molar-refractivity contribution in [2.24, 2.45) is 10.8 Å². The van der Waals surface area contributed by atoms with Crippen LogP contribution in [0.15, 0.2) is 25.3 Å². The van der Waals surface area contributed by atoms with Crippen molar-refractivity contribution in [3.05, 3.63) is 25.3 Å². The number of ether oxygens (including phenoxy) is 4. The Balaban J connectivity index is 0. The number of halogens is 1. The lowest BCUT2D eigenvalue weighted by molar-refractivity contribution is -0.174. The van der Waals surface area contributed by atoms with E-state index < -0.39 is 39.9 Å². The van der Waals surface area contributed by atoms with Gasteiger partial charge in [0.05, 0.1) is 26.4 Å². The van der Waals surface area contributed by atoms with E-state index in [0.717, 1.165) is 0 Å². The number of carbonyl (C=O) groups is 6. The minimum absolute atomic E-state index is 0.0365. The van der Waals surface area contributed by atoms with Crippen molar-refractivity contribution in [2.75, 3.05) is 26.4 Å². The van der Waals surface area contributed by atoms with Crippen molar-refractivity contribution >= 4 is 46.5 Å². The summed E-state index contributed by atoms with van der Waals surface area (Å²) in [5.74, 6) is -2.84. The molecule has 0 aliphatic rings. The summed E-state index contributed by atoms with van der Waals surface area (Å²) in [6.45, 7) is 15.7. The molecule has 11 heteroatoms. The number of Topliss-reactive ketones (excluding diaryl/α,β-unsaturated/α-hetero) is 1. The normalized spacial score (nSPS) is 10.7. The van der Waals surface area contributed by atoms with Crippen molar-refractivity contribution in [1.82, 2.24) is 0 Å². The van der Waals surface area contributed by atoms with Gasteiger partial charge in [0.1, 0.15) is 5.78 Å². The molecule has 0 atom stereocenters. The average Bonchev–Trinajstić information content (AvgIpc) is 2.85. The van der Waals surface area contributed by atoms with Gasteiger partial charge in [-0.25, -0.2) is 0 Å². The molecule has 0 saturated carbocycles. The summed E-state index contributed by atoms with van der Waals surface area (Å²) in [6, 6.07) is 0. The molecule has 0 unspecified atom stereocenters. The molecule has 0 aromatic rings. The van der Waals surface area contributed by atoms with E-state index >= 15 is 0 Å². The smallest absolute Gasteiger partial charge is 0.323 e. The summed E-state index contributed by atoms with van der Waals surface area (Å²) in [4.78, 5) is 70.3. The van der Waals surface area contributed by atoms with E-state index in [1.54, 1.807) is 27.7 Å². The Kier molecular flexibility index (Phi) is 19.6. The molecule has 38 heavy (non-hydrogen) atoms. The highest BCUT2D eigenvalue weighted by Gasteiger charge is 2.48. The zero-order valence-electron chi connectivity index (χ0n) is 23.1. The first-order chi connectivity index (χ1) is 17.9. The summed E-state index contributed by atoms with van der Waals surface area (Å²) in [5, 5.41) is -0.623. The molecule has 0 N–H and O–H groups in total. The van der Waals surface area contributed by atoms with Gasteiger partial charge in [0.15, 0.2) is 10.8 Å². The average molecular weight is 561 g/mol. The van der Waals surface area contributed by atoms with E-state index in [1.165, 1.54) is 19.1 Å². The largest absolute Gasteiger partial charge is 0.465 e. The van der Waals surface area contributed by atoms with Gasteiger partial charge in [-0.1, -0.05) is 12.2 Å². The molecule has 0 heterocycles. The molecule has 0 aliphatic heterocycles. The van der Waals surface area contributed by atoms with Crippen LogP contribution in [0.2, 0.25) is 0 Å². The molecule has 0 spiro atoms.